The van der Waals surface area contributed by atoms with E-state index in [1.165, 1.54) is 11.8 Å². The number of thioether (sulfide) groups is 1. The predicted octanol–water partition coefficient (Wildman–Crippen LogP) is 3.00. The standard InChI is InChI=1S/C20H29N5O4S/c1-3-4-10-22-19(24-18(26)21-2)30-17-6-5-16-15(23-17)7-11-25(16)20(27)29-14-8-12-28-13-9-14/h4-5,10,14,17H,3,6-9,11-13H2,1-2H3,(H2,21,22,24,26)/b10-4+. The fourth-order valence-electron chi connectivity index (χ4n) is 3.29. The van der Waals surface area contributed by atoms with Gasteiger partial charge in [-0.15, -0.1) is 0 Å². The van der Waals surface area contributed by atoms with Crippen molar-refractivity contribution < 1.29 is 19.1 Å². The molecule has 0 aromatic rings. The molecule has 0 aliphatic carbocycles. The molecule has 2 N–H and O–H groups in total. The highest BCUT2D eigenvalue weighted by atomic mass is 32.2. The Morgan fingerprint density at radius 3 is 2.97 bits per heavy atom. The number of amides is 3. The summed E-state index contributed by atoms with van der Waals surface area (Å²) in [7, 11) is 1.56. The van der Waals surface area contributed by atoms with Gasteiger partial charge in [0.15, 0.2) is 5.17 Å². The Bertz CT molecular complexity index is 758. The third-order valence-corrected chi connectivity index (χ3v) is 5.86. The SMILES string of the molecule is CC/C=C/N=C(NC(=O)NC)SC1CC=C2C(=N1)CCN2C(=O)OC1CCOCC1. The van der Waals surface area contributed by atoms with Gasteiger partial charge in [-0.3, -0.25) is 15.2 Å². The second-order valence-electron chi connectivity index (χ2n) is 7.00. The zero-order valence-electron chi connectivity index (χ0n) is 17.4. The van der Waals surface area contributed by atoms with E-state index in [0.717, 1.165) is 30.7 Å². The molecular formula is C20H29N5O4S. The average Bonchev–Trinajstić information content (AvgIpc) is 3.18. The Kier molecular flexibility index (Phi) is 8.32. The Labute approximate surface area is 181 Å². The second kappa shape index (κ2) is 11.2. The lowest BCUT2D eigenvalue weighted by molar-refractivity contribution is -0.00623. The molecule has 10 heteroatoms. The van der Waals surface area contributed by atoms with Gasteiger partial charge in [0.1, 0.15) is 11.5 Å². The maximum Gasteiger partial charge on any atom is 0.414 e. The zero-order valence-corrected chi connectivity index (χ0v) is 18.2. The van der Waals surface area contributed by atoms with Crippen molar-refractivity contribution >= 4 is 34.8 Å². The number of carbonyl (C=O) groups excluding carboxylic acids is 2. The van der Waals surface area contributed by atoms with Crippen LogP contribution in [0.1, 0.15) is 39.0 Å². The fraction of sp³-hybridized carbons (Fsp3) is 0.600. The normalized spacial score (nSPS) is 22.4. The number of rotatable bonds is 4. The highest BCUT2D eigenvalue weighted by Crippen LogP contribution is 2.30. The van der Waals surface area contributed by atoms with Gasteiger partial charge in [-0.25, -0.2) is 14.6 Å². The van der Waals surface area contributed by atoms with Gasteiger partial charge >= 0.3 is 12.1 Å². The van der Waals surface area contributed by atoms with E-state index in [0.29, 0.717) is 37.8 Å². The number of fused-ring (bicyclic) bond motifs is 1. The number of urea groups is 1. The van der Waals surface area contributed by atoms with Crippen molar-refractivity contribution in [2.45, 2.75) is 50.5 Å². The van der Waals surface area contributed by atoms with Gasteiger partial charge in [0.25, 0.3) is 0 Å². The van der Waals surface area contributed by atoms with Crippen LogP contribution in [-0.2, 0) is 9.47 Å². The second-order valence-corrected chi connectivity index (χ2v) is 8.17. The summed E-state index contributed by atoms with van der Waals surface area (Å²) in [4.78, 5) is 35.1. The van der Waals surface area contributed by atoms with Crippen LogP contribution in [0.5, 0.6) is 0 Å². The number of nitrogens with zero attached hydrogens (tertiary/aromatic N) is 3. The molecule has 0 aromatic carbocycles. The van der Waals surface area contributed by atoms with Gasteiger partial charge in [-0.05, 0) is 12.8 Å². The van der Waals surface area contributed by atoms with Crippen LogP contribution in [-0.4, -0.2) is 66.2 Å². The first-order chi connectivity index (χ1) is 14.6. The molecule has 2 fully saturated rings. The fourth-order valence-corrected chi connectivity index (χ4v) is 4.19. The Morgan fingerprint density at radius 2 is 2.23 bits per heavy atom. The van der Waals surface area contributed by atoms with E-state index < -0.39 is 0 Å². The van der Waals surface area contributed by atoms with Crippen LogP contribution in [0.25, 0.3) is 0 Å². The summed E-state index contributed by atoms with van der Waals surface area (Å²) < 4.78 is 11.0. The maximum atomic E-state index is 12.6. The molecule has 0 spiro atoms. The summed E-state index contributed by atoms with van der Waals surface area (Å²) in [6, 6.07) is -0.325. The molecule has 0 radical (unpaired) electrons. The third-order valence-electron chi connectivity index (χ3n) is 4.86. The third kappa shape index (κ3) is 6.09. The summed E-state index contributed by atoms with van der Waals surface area (Å²) in [6.45, 7) is 3.85. The van der Waals surface area contributed by atoms with Crippen LogP contribution in [0.15, 0.2) is 34.0 Å². The molecule has 3 amide bonds. The van der Waals surface area contributed by atoms with Crippen LogP contribution in [0.3, 0.4) is 0 Å². The molecule has 9 nitrogen and oxygen atoms in total. The molecule has 0 saturated carbocycles. The van der Waals surface area contributed by atoms with E-state index in [2.05, 4.69) is 15.6 Å². The number of dihydropyridines is 1. The molecule has 0 bridgehead atoms. The number of aliphatic imine (C=N–C) groups is 2. The van der Waals surface area contributed by atoms with Gasteiger partial charge in [0.05, 0.1) is 24.6 Å². The molecule has 3 heterocycles. The van der Waals surface area contributed by atoms with Crippen LogP contribution in [0, 0.1) is 0 Å². The number of likely N-dealkylation sites (tertiary alicyclic amines) is 1. The molecule has 3 rings (SSSR count). The topological polar surface area (TPSA) is 105 Å². The minimum Gasteiger partial charge on any atom is -0.446 e. The lowest BCUT2D eigenvalue weighted by Gasteiger charge is -2.26. The van der Waals surface area contributed by atoms with E-state index in [4.69, 9.17) is 14.5 Å². The minimum absolute atomic E-state index is 0.0783. The first-order valence-corrected chi connectivity index (χ1v) is 11.2. The van der Waals surface area contributed by atoms with Crippen molar-refractivity contribution in [3.05, 3.63) is 24.0 Å². The molecule has 3 aliphatic rings. The summed E-state index contributed by atoms with van der Waals surface area (Å²) in [5, 5.41) is 5.64. The number of allylic oxidation sites excluding steroid dienone is 2. The van der Waals surface area contributed by atoms with E-state index >= 15 is 0 Å². The monoisotopic (exact) mass is 435 g/mol. The summed E-state index contributed by atoms with van der Waals surface area (Å²) in [6.07, 6.45) is 8.90. The largest absolute Gasteiger partial charge is 0.446 e. The molecule has 30 heavy (non-hydrogen) atoms. The number of nitrogens with one attached hydrogen (secondary N) is 2. The molecule has 1 unspecified atom stereocenters. The van der Waals surface area contributed by atoms with Crippen LogP contribution in [0.2, 0.25) is 0 Å². The summed E-state index contributed by atoms with van der Waals surface area (Å²) in [5.41, 5.74) is 1.73. The van der Waals surface area contributed by atoms with Crippen LogP contribution >= 0.6 is 11.8 Å². The highest BCUT2D eigenvalue weighted by molar-refractivity contribution is 8.14. The number of ether oxygens (including phenoxy) is 2. The smallest absolute Gasteiger partial charge is 0.414 e. The van der Waals surface area contributed by atoms with Crippen molar-refractivity contribution in [1.29, 1.82) is 0 Å². The molecule has 2 saturated heterocycles. The number of carbonyl (C=O) groups is 2. The van der Waals surface area contributed by atoms with Gasteiger partial charge in [0, 0.05) is 39.1 Å². The summed E-state index contributed by atoms with van der Waals surface area (Å²) in [5.74, 6) is 0. The number of hydrogen-bond acceptors (Lipinski definition) is 7. The zero-order chi connectivity index (χ0) is 21.3. The van der Waals surface area contributed by atoms with Gasteiger partial charge in [-0.1, -0.05) is 30.8 Å². The summed E-state index contributed by atoms with van der Waals surface area (Å²) >= 11 is 1.39. The predicted molar refractivity (Wildman–Crippen MR) is 118 cm³/mol. The Hall–Kier alpha value is -2.33. The first kappa shape index (κ1) is 22.4. The van der Waals surface area contributed by atoms with Crippen molar-refractivity contribution in [2.24, 2.45) is 9.98 Å². The van der Waals surface area contributed by atoms with E-state index in [1.54, 1.807) is 18.1 Å². The molecule has 1 atom stereocenters. The quantitative estimate of drug-likeness (QED) is 0.522. The highest BCUT2D eigenvalue weighted by Gasteiger charge is 2.34. The number of amidine groups is 1. The van der Waals surface area contributed by atoms with Gasteiger partial charge < -0.3 is 14.8 Å². The van der Waals surface area contributed by atoms with E-state index in [9.17, 15) is 9.59 Å². The molecule has 164 valence electrons. The Morgan fingerprint density at radius 1 is 1.43 bits per heavy atom. The Balaban J connectivity index is 1.60. The van der Waals surface area contributed by atoms with Crippen molar-refractivity contribution in [1.82, 2.24) is 15.5 Å². The van der Waals surface area contributed by atoms with E-state index in [-0.39, 0.29) is 23.6 Å². The first-order valence-electron chi connectivity index (χ1n) is 10.3. The van der Waals surface area contributed by atoms with E-state index in [1.807, 2.05) is 19.1 Å². The van der Waals surface area contributed by atoms with Crippen molar-refractivity contribution in [2.75, 3.05) is 26.8 Å². The molecule has 0 aromatic heterocycles. The van der Waals surface area contributed by atoms with Crippen molar-refractivity contribution in [3.8, 4) is 0 Å². The average molecular weight is 436 g/mol. The number of hydrogen-bond donors (Lipinski definition) is 2. The lowest BCUT2D eigenvalue weighted by Crippen LogP contribution is -2.37. The maximum absolute atomic E-state index is 12.6. The van der Waals surface area contributed by atoms with Gasteiger partial charge in [-0.2, -0.15) is 0 Å². The molecular weight excluding hydrogens is 406 g/mol. The van der Waals surface area contributed by atoms with Crippen LogP contribution in [0.4, 0.5) is 9.59 Å². The van der Waals surface area contributed by atoms with Crippen molar-refractivity contribution in [3.63, 3.8) is 0 Å². The molecule has 3 aliphatic heterocycles. The minimum atomic E-state index is -0.325. The van der Waals surface area contributed by atoms with Gasteiger partial charge in [0.2, 0.25) is 0 Å². The lowest BCUT2D eigenvalue weighted by atomic mass is 10.1. The van der Waals surface area contributed by atoms with Crippen LogP contribution < -0.4 is 10.6 Å².